The number of carbonyl (C=O) groups is 1. The van der Waals surface area contributed by atoms with E-state index in [2.05, 4.69) is 5.32 Å². The summed E-state index contributed by atoms with van der Waals surface area (Å²) in [6, 6.07) is -0.643. The Balaban J connectivity index is 3.71. The predicted molar refractivity (Wildman–Crippen MR) is 60.1 cm³/mol. The van der Waals surface area contributed by atoms with Gasteiger partial charge in [-0.05, 0) is 12.8 Å². The number of nitrogens with two attached hydrogens (primary N) is 2. The van der Waals surface area contributed by atoms with Gasteiger partial charge in [-0.2, -0.15) is 0 Å². The molecule has 1 atom stereocenters. The number of amides is 1. The lowest BCUT2D eigenvalue weighted by atomic mass is 10.1. The molecule has 0 aliphatic carbocycles. The third-order valence-electron chi connectivity index (χ3n) is 1.89. The number of methoxy groups -OCH3 is 1. The molecule has 0 bridgehead atoms. The van der Waals surface area contributed by atoms with E-state index in [-0.39, 0.29) is 18.2 Å². The number of ether oxygens (including phenoxy) is 1. The lowest BCUT2D eigenvalue weighted by Crippen LogP contribution is -2.42. The standard InChI is InChI=1S/C8H19N3O4S/c1-15-5-2-3-7(9)8(12)11-4-6-16(10,13)14/h7H,2-6,9H2,1H3,(H,11,12)(H2,10,13,14). The van der Waals surface area contributed by atoms with Gasteiger partial charge in [-0.1, -0.05) is 0 Å². The van der Waals surface area contributed by atoms with Crippen LogP contribution in [0.25, 0.3) is 0 Å². The monoisotopic (exact) mass is 253 g/mol. The van der Waals surface area contributed by atoms with Crippen LogP contribution < -0.4 is 16.2 Å². The van der Waals surface area contributed by atoms with E-state index in [4.69, 9.17) is 15.6 Å². The Kier molecular flexibility index (Phi) is 7.22. The first-order valence-corrected chi connectivity index (χ1v) is 6.61. The third kappa shape index (κ3) is 8.60. The Morgan fingerprint density at radius 2 is 2.12 bits per heavy atom. The molecule has 8 heteroatoms. The van der Waals surface area contributed by atoms with Crippen molar-refractivity contribution in [2.45, 2.75) is 18.9 Å². The molecule has 0 aromatic rings. The second-order valence-corrected chi connectivity index (χ2v) is 5.13. The summed E-state index contributed by atoms with van der Waals surface area (Å²) in [6.07, 6.45) is 1.18. The van der Waals surface area contributed by atoms with Gasteiger partial charge < -0.3 is 15.8 Å². The van der Waals surface area contributed by atoms with E-state index >= 15 is 0 Å². The molecule has 1 unspecified atom stereocenters. The topological polar surface area (TPSA) is 125 Å². The highest BCUT2D eigenvalue weighted by Crippen LogP contribution is 1.94. The molecule has 16 heavy (non-hydrogen) atoms. The Bertz CT molecular complexity index is 304. The van der Waals surface area contributed by atoms with Gasteiger partial charge in [0.2, 0.25) is 15.9 Å². The molecule has 0 fully saturated rings. The minimum absolute atomic E-state index is 0.0182. The number of hydrogen-bond donors (Lipinski definition) is 3. The van der Waals surface area contributed by atoms with Crippen LogP contribution in [0.2, 0.25) is 0 Å². The van der Waals surface area contributed by atoms with Crippen molar-refractivity contribution in [3.8, 4) is 0 Å². The molecular formula is C8H19N3O4S. The van der Waals surface area contributed by atoms with Crippen LogP contribution in [0.15, 0.2) is 0 Å². The van der Waals surface area contributed by atoms with Crippen LogP contribution in [-0.4, -0.2) is 46.4 Å². The summed E-state index contributed by atoms with van der Waals surface area (Å²) in [4.78, 5) is 11.3. The maximum atomic E-state index is 11.3. The zero-order valence-electron chi connectivity index (χ0n) is 9.31. The molecule has 1 amide bonds. The fourth-order valence-corrected chi connectivity index (χ4v) is 1.41. The third-order valence-corrected chi connectivity index (χ3v) is 2.66. The molecule has 0 aromatic carbocycles. The van der Waals surface area contributed by atoms with Crippen molar-refractivity contribution in [3.05, 3.63) is 0 Å². The summed E-state index contributed by atoms with van der Waals surface area (Å²) in [7, 11) is -1.97. The van der Waals surface area contributed by atoms with Gasteiger partial charge in [0, 0.05) is 20.3 Å². The van der Waals surface area contributed by atoms with Crippen molar-refractivity contribution in [1.29, 1.82) is 0 Å². The van der Waals surface area contributed by atoms with Gasteiger partial charge in [0.05, 0.1) is 11.8 Å². The summed E-state index contributed by atoms with van der Waals surface area (Å²) in [6.45, 7) is 0.522. The predicted octanol–water partition coefficient (Wildman–Crippen LogP) is -1.85. The second-order valence-electron chi connectivity index (χ2n) is 3.40. The van der Waals surface area contributed by atoms with Crippen molar-refractivity contribution in [1.82, 2.24) is 5.32 Å². The van der Waals surface area contributed by atoms with Gasteiger partial charge in [-0.3, -0.25) is 4.79 Å². The SMILES string of the molecule is COCCCC(N)C(=O)NCCS(N)(=O)=O. The normalized spacial score (nSPS) is 13.4. The van der Waals surface area contributed by atoms with Gasteiger partial charge in [0.25, 0.3) is 0 Å². The Hall–Kier alpha value is -0.700. The molecule has 0 rings (SSSR count). The number of hydrogen-bond acceptors (Lipinski definition) is 5. The van der Waals surface area contributed by atoms with Crippen molar-refractivity contribution < 1.29 is 17.9 Å². The van der Waals surface area contributed by atoms with Crippen molar-refractivity contribution >= 4 is 15.9 Å². The van der Waals surface area contributed by atoms with E-state index in [9.17, 15) is 13.2 Å². The highest BCUT2D eigenvalue weighted by Gasteiger charge is 2.13. The van der Waals surface area contributed by atoms with Gasteiger partial charge >= 0.3 is 0 Å². The minimum Gasteiger partial charge on any atom is -0.385 e. The zero-order valence-corrected chi connectivity index (χ0v) is 10.1. The fourth-order valence-electron chi connectivity index (χ4n) is 1.03. The Labute approximate surface area is 95.6 Å². The molecule has 0 aliphatic rings. The molecular weight excluding hydrogens is 234 g/mol. The van der Waals surface area contributed by atoms with Gasteiger partial charge in [0.15, 0.2) is 0 Å². The first kappa shape index (κ1) is 15.3. The average molecular weight is 253 g/mol. The fraction of sp³-hybridized carbons (Fsp3) is 0.875. The number of primary sulfonamides is 1. The first-order chi connectivity index (χ1) is 7.37. The largest absolute Gasteiger partial charge is 0.385 e. The molecule has 0 saturated carbocycles. The zero-order chi connectivity index (χ0) is 12.6. The average Bonchev–Trinajstić information content (AvgIpc) is 2.15. The summed E-state index contributed by atoms with van der Waals surface area (Å²) in [5.74, 6) is -0.663. The quantitative estimate of drug-likeness (QED) is 0.438. The van der Waals surface area contributed by atoms with E-state index in [1.165, 1.54) is 0 Å². The van der Waals surface area contributed by atoms with E-state index in [0.29, 0.717) is 19.4 Å². The van der Waals surface area contributed by atoms with E-state index in [1.54, 1.807) is 7.11 Å². The highest BCUT2D eigenvalue weighted by atomic mass is 32.2. The summed E-state index contributed by atoms with van der Waals surface area (Å²) < 4.78 is 26.0. The molecule has 0 radical (unpaired) electrons. The smallest absolute Gasteiger partial charge is 0.236 e. The lowest BCUT2D eigenvalue weighted by molar-refractivity contribution is -0.122. The molecule has 96 valence electrons. The van der Waals surface area contributed by atoms with E-state index in [0.717, 1.165) is 0 Å². The maximum absolute atomic E-state index is 11.3. The van der Waals surface area contributed by atoms with Gasteiger partial charge in [-0.15, -0.1) is 0 Å². The Morgan fingerprint density at radius 3 is 2.62 bits per heavy atom. The minimum atomic E-state index is -3.54. The first-order valence-electron chi connectivity index (χ1n) is 4.89. The summed E-state index contributed by atoms with van der Waals surface area (Å²) >= 11 is 0. The van der Waals surface area contributed by atoms with Crippen LogP contribution in [0.1, 0.15) is 12.8 Å². The second kappa shape index (κ2) is 7.55. The molecule has 0 aliphatic heterocycles. The molecule has 0 spiro atoms. The van der Waals surface area contributed by atoms with Crippen molar-refractivity contribution in [2.75, 3.05) is 26.0 Å². The van der Waals surface area contributed by atoms with Crippen LogP contribution in [-0.2, 0) is 19.6 Å². The van der Waals surface area contributed by atoms with Crippen molar-refractivity contribution in [2.24, 2.45) is 10.9 Å². The maximum Gasteiger partial charge on any atom is 0.236 e. The highest BCUT2D eigenvalue weighted by molar-refractivity contribution is 7.89. The van der Waals surface area contributed by atoms with Crippen LogP contribution in [0.4, 0.5) is 0 Å². The van der Waals surface area contributed by atoms with Gasteiger partial charge in [0.1, 0.15) is 0 Å². The van der Waals surface area contributed by atoms with E-state index < -0.39 is 16.1 Å². The summed E-state index contributed by atoms with van der Waals surface area (Å²) in [5, 5.41) is 7.17. The molecule has 5 N–H and O–H groups in total. The number of rotatable bonds is 8. The number of sulfonamides is 1. The number of carbonyl (C=O) groups excluding carboxylic acids is 1. The van der Waals surface area contributed by atoms with E-state index in [1.807, 2.05) is 0 Å². The van der Waals surface area contributed by atoms with Crippen molar-refractivity contribution in [3.63, 3.8) is 0 Å². The lowest BCUT2D eigenvalue weighted by Gasteiger charge is -2.11. The molecule has 0 saturated heterocycles. The van der Waals surface area contributed by atoms with Crippen LogP contribution >= 0.6 is 0 Å². The van der Waals surface area contributed by atoms with Crippen LogP contribution in [0, 0.1) is 0 Å². The number of nitrogens with one attached hydrogen (secondary N) is 1. The molecule has 0 aromatic heterocycles. The Morgan fingerprint density at radius 1 is 1.50 bits per heavy atom. The van der Waals surface area contributed by atoms with Crippen LogP contribution in [0.3, 0.4) is 0 Å². The summed E-state index contributed by atoms with van der Waals surface area (Å²) in [5.41, 5.74) is 5.56. The molecule has 0 heterocycles. The van der Waals surface area contributed by atoms with Gasteiger partial charge in [-0.25, -0.2) is 13.6 Å². The van der Waals surface area contributed by atoms with Crippen LogP contribution in [0.5, 0.6) is 0 Å². The molecule has 7 nitrogen and oxygen atoms in total.